The smallest absolute Gasteiger partial charge is 0.0567 e. The van der Waals surface area contributed by atoms with Crippen LogP contribution in [0.2, 0.25) is 0 Å². The molecule has 4 heteroatoms. The van der Waals surface area contributed by atoms with Gasteiger partial charge in [-0.2, -0.15) is 11.8 Å². The highest BCUT2D eigenvalue weighted by molar-refractivity contribution is 8.00. The molecule has 0 radical (unpaired) electrons. The van der Waals surface area contributed by atoms with Gasteiger partial charge < -0.3 is 5.73 Å². The maximum absolute atomic E-state index is 6.04. The molecular weight excluding hydrogens is 260 g/mol. The topological polar surface area (TPSA) is 29.3 Å². The van der Waals surface area contributed by atoms with Crippen LogP contribution in [0.15, 0.2) is 11.4 Å². The van der Waals surface area contributed by atoms with Crippen molar-refractivity contribution in [3.63, 3.8) is 0 Å². The number of hydrogen-bond acceptors (Lipinski definition) is 4. The number of nitrogens with two attached hydrogens (primary N) is 1. The molecule has 1 aliphatic rings. The molecule has 2 N–H and O–H groups in total. The summed E-state index contributed by atoms with van der Waals surface area (Å²) in [5.41, 5.74) is 7.44. The molecule has 102 valence electrons. The van der Waals surface area contributed by atoms with E-state index in [1.165, 1.54) is 29.2 Å². The number of aryl methyl sites for hydroxylation is 1. The summed E-state index contributed by atoms with van der Waals surface area (Å²) in [6, 6.07) is 2.62. The summed E-state index contributed by atoms with van der Waals surface area (Å²) in [7, 11) is 0. The van der Waals surface area contributed by atoms with E-state index in [2.05, 4.69) is 48.9 Å². The SMILES string of the molecule is Cc1ccsc1C(CN)N1CCSC(C)(C)CC1. The van der Waals surface area contributed by atoms with E-state index >= 15 is 0 Å². The fourth-order valence-corrected chi connectivity index (χ4v) is 4.68. The van der Waals surface area contributed by atoms with Crippen LogP contribution in [-0.4, -0.2) is 35.0 Å². The largest absolute Gasteiger partial charge is 0.329 e. The zero-order chi connectivity index (χ0) is 13.2. The van der Waals surface area contributed by atoms with E-state index in [1.807, 2.05) is 11.3 Å². The van der Waals surface area contributed by atoms with Crippen molar-refractivity contribution in [1.82, 2.24) is 4.90 Å². The van der Waals surface area contributed by atoms with E-state index in [0.717, 1.165) is 13.1 Å². The van der Waals surface area contributed by atoms with Crippen LogP contribution in [0.1, 0.15) is 36.8 Å². The average molecular weight is 284 g/mol. The molecule has 2 rings (SSSR count). The molecule has 1 saturated heterocycles. The summed E-state index contributed by atoms with van der Waals surface area (Å²) < 4.78 is 0.415. The van der Waals surface area contributed by atoms with Crippen molar-refractivity contribution >= 4 is 23.1 Å². The Morgan fingerprint density at radius 1 is 1.44 bits per heavy atom. The molecule has 0 saturated carbocycles. The minimum Gasteiger partial charge on any atom is -0.329 e. The molecule has 0 aromatic carbocycles. The molecule has 0 bridgehead atoms. The van der Waals surface area contributed by atoms with Crippen molar-refractivity contribution in [1.29, 1.82) is 0 Å². The summed E-state index contributed by atoms with van der Waals surface area (Å²) >= 11 is 3.95. The van der Waals surface area contributed by atoms with Gasteiger partial charge in [-0.05, 0) is 30.4 Å². The first-order valence-corrected chi connectivity index (χ1v) is 8.52. The second-order valence-corrected chi connectivity index (χ2v) is 8.36. The molecule has 0 spiro atoms. The molecule has 1 unspecified atom stereocenters. The van der Waals surface area contributed by atoms with E-state index in [-0.39, 0.29) is 0 Å². The van der Waals surface area contributed by atoms with Crippen LogP contribution < -0.4 is 5.73 Å². The van der Waals surface area contributed by atoms with Crippen molar-refractivity contribution in [3.8, 4) is 0 Å². The van der Waals surface area contributed by atoms with Crippen molar-refractivity contribution in [3.05, 3.63) is 21.9 Å². The molecule has 1 aromatic rings. The first-order valence-electron chi connectivity index (χ1n) is 6.65. The fraction of sp³-hybridized carbons (Fsp3) is 0.714. The Kier molecular flexibility index (Phi) is 4.75. The van der Waals surface area contributed by atoms with Gasteiger partial charge in [-0.3, -0.25) is 4.90 Å². The Hall–Kier alpha value is -0.0300. The zero-order valence-electron chi connectivity index (χ0n) is 11.6. The third kappa shape index (κ3) is 3.29. The van der Waals surface area contributed by atoms with Crippen LogP contribution in [0.4, 0.5) is 0 Å². The highest BCUT2D eigenvalue weighted by Gasteiger charge is 2.28. The van der Waals surface area contributed by atoms with Crippen LogP contribution in [0.25, 0.3) is 0 Å². The lowest BCUT2D eigenvalue weighted by atomic mass is 10.1. The lowest BCUT2D eigenvalue weighted by molar-refractivity contribution is 0.213. The second-order valence-electron chi connectivity index (χ2n) is 5.61. The van der Waals surface area contributed by atoms with Gasteiger partial charge in [-0.15, -0.1) is 11.3 Å². The summed E-state index contributed by atoms with van der Waals surface area (Å²) in [6.45, 7) is 9.97. The first-order chi connectivity index (χ1) is 8.53. The highest BCUT2D eigenvalue weighted by atomic mass is 32.2. The number of nitrogens with zero attached hydrogens (tertiary/aromatic N) is 1. The van der Waals surface area contributed by atoms with Gasteiger partial charge in [-0.1, -0.05) is 13.8 Å². The molecule has 1 atom stereocenters. The number of rotatable bonds is 3. The molecule has 0 aliphatic carbocycles. The van der Waals surface area contributed by atoms with Crippen molar-refractivity contribution in [2.24, 2.45) is 5.73 Å². The number of hydrogen-bond donors (Lipinski definition) is 1. The Morgan fingerprint density at radius 2 is 2.22 bits per heavy atom. The van der Waals surface area contributed by atoms with Crippen LogP contribution in [0.3, 0.4) is 0 Å². The van der Waals surface area contributed by atoms with E-state index in [4.69, 9.17) is 5.73 Å². The number of thioether (sulfide) groups is 1. The van der Waals surface area contributed by atoms with Gasteiger partial charge in [0.1, 0.15) is 0 Å². The van der Waals surface area contributed by atoms with Gasteiger partial charge in [0.05, 0.1) is 6.04 Å². The molecule has 18 heavy (non-hydrogen) atoms. The van der Waals surface area contributed by atoms with E-state index in [0.29, 0.717) is 10.8 Å². The minimum absolute atomic E-state index is 0.415. The number of thiophene rings is 1. The Labute approximate surface area is 119 Å². The monoisotopic (exact) mass is 284 g/mol. The Bertz CT molecular complexity index is 387. The normalized spacial score (nSPS) is 22.7. The van der Waals surface area contributed by atoms with Gasteiger partial charge in [0.15, 0.2) is 0 Å². The molecule has 2 heterocycles. The lowest BCUT2D eigenvalue weighted by Gasteiger charge is -2.30. The van der Waals surface area contributed by atoms with Crippen LogP contribution in [0.5, 0.6) is 0 Å². The van der Waals surface area contributed by atoms with Crippen LogP contribution in [-0.2, 0) is 0 Å². The van der Waals surface area contributed by atoms with E-state index in [1.54, 1.807) is 0 Å². The predicted octanol–water partition coefficient (Wildman–Crippen LogP) is 3.27. The first kappa shape index (κ1) is 14.4. The molecule has 1 fully saturated rings. The van der Waals surface area contributed by atoms with Gasteiger partial charge in [0, 0.05) is 35.0 Å². The van der Waals surface area contributed by atoms with Crippen molar-refractivity contribution in [2.45, 2.75) is 38.0 Å². The molecule has 2 nitrogen and oxygen atoms in total. The summed E-state index contributed by atoms with van der Waals surface area (Å²) in [5.74, 6) is 1.22. The fourth-order valence-electron chi connectivity index (χ4n) is 2.50. The molecule has 0 amide bonds. The quantitative estimate of drug-likeness (QED) is 0.923. The summed E-state index contributed by atoms with van der Waals surface area (Å²) in [6.07, 6.45) is 1.25. The predicted molar refractivity (Wildman–Crippen MR) is 83.6 cm³/mol. The minimum atomic E-state index is 0.415. The van der Waals surface area contributed by atoms with Gasteiger partial charge in [-0.25, -0.2) is 0 Å². The van der Waals surface area contributed by atoms with E-state index < -0.39 is 0 Å². The van der Waals surface area contributed by atoms with Crippen LogP contribution in [0, 0.1) is 6.92 Å². The molecular formula is C14H24N2S2. The summed E-state index contributed by atoms with van der Waals surface area (Å²) in [4.78, 5) is 4.04. The Morgan fingerprint density at radius 3 is 2.83 bits per heavy atom. The molecule has 1 aliphatic heterocycles. The average Bonchev–Trinajstić information content (AvgIpc) is 2.64. The van der Waals surface area contributed by atoms with Crippen molar-refractivity contribution < 1.29 is 0 Å². The van der Waals surface area contributed by atoms with Gasteiger partial charge >= 0.3 is 0 Å². The zero-order valence-corrected chi connectivity index (χ0v) is 13.2. The third-order valence-corrected chi connectivity index (χ3v) is 6.23. The van der Waals surface area contributed by atoms with Gasteiger partial charge in [0.25, 0.3) is 0 Å². The Balaban J connectivity index is 2.11. The van der Waals surface area contributed by atoms with E-state index in [9.17, 15) is 0 Å². The third-order valence-electron chi connectivity index (χ3n) is 3.74. The highest BCUT2D eigenvalue weighted by Crippen LogP contribution is 2.35. The standard InChI is InChI=1S/C14H24N2S2/c1-11-4-8-17-13(11)12(10-15)16-6-5-14(2,3)18-9-7-16/h4,8,12H,5-7,9-10,15H2,1-3H3. The molecule has 1 aromatic heterocycles. The maximum Gasteiger partial charge on any atom is 0.0567 e. The van der Waals surface area contributed by atoms with Crippen molar-refractivity contribution in [2.75, 3.05) is 25.4 Å². The van der Waals surface area contributed by atoms with Gasteiger partial charge in [0.2, 0.25) is 0 Å². The second kappa shape index (κ2) is 5.95. The maximum atomic E-state index is 6.04. The lowest BCUT2D eigenvalue weighted by Crippen LogP contribution is -2.35. The summed E-state index contributed by atoms with van der Waals surface area (Å²) in [5, 5.41) is 2.18. The van der Waals surface area contributed by atoms with Crippen LogP contribution >= 0.6 is 23.1 Å².